The van der Waals surface area contributed by atoms with E-state index in [4.69, 9.17) is 4.42 Å². The summed E-state index contributed by atoms with van der Waals surface area (Å²) < 4.78 is 5.05. The van der Waals surface area contributed by atoms with Gasteiger partial charge in [-0.3, -0.25) is 14.4 Å². The Morgan fingerprint density at radius 1 is 1.19 bits per heavy atom. The van der Waals surface area contributed by atoms with Gasteiger partial charge in [-0.15, -0.1) is 11.8 Å². The van der Waals surface area contributed by atoms with E-state index in [1.54, 1.807) is 53.1 Å². The first-order chi connectivity index (χ1) is 13.0. The Labute approximate surface area is 160 Å². The fourth-order valence-electron chi connectivity index (χ4n) is 3.48. The monoisotopic (exact) mass is 385 g/mol. The average Bonchev–Trinajstić information content (AvgIpc) is 3.35. The van der Waals surface area contributed by atoms with Crippen molar-refractivity contribution in [2.45, 2.75) is 30.7 Å². The Hall–Kier alpha value is -2.74. The van der Waals surface area contributed by atoms with Gasteiger partial charge in [0.1, 0.15) is 6.04 Å². The number of thioether (sulfide) groups is 1. The van der Waals surface area contributed by atoms with Gasteiger partial charge in [0.15, 0.2) is 5.76 Å². The average molecular weight is 385 g/mol. The van der Waals surface area contributed by atoms with E-state index in [1.807, 2.05) is 6.92 Å². The van der Waals surface area contributed by atoms with Crippen molar-refractivity contribution in [3.05, 3.63) is 48.4 Å². The molecule has 0 saturated carbocycles. The molecule has 2 atom stereocenters. The molecule has 1 aromatic heterocycles. The first-order valence-corrected chi connectivity index (χ1v) is 9.67. The van der Waals surface area contributed by atoms with Crippen LogP contribution in [0.5, 0.6) is 0 Å². The molecule has 3 amide bonds. The predicted octanol–water partition coefficient (Wildman–Crippen LogP) is 2.92. The standard InChI is InChI=1S/C19H19N3O4S/c1-19-9-8-16(23)22(19)14(11-27-19)17(24)20-12-4-6-13(7-5-12)21-18(25)15-3-2-10-26-15/h2-7,10,14H,8-9,11H2,1H3,(H,20,24)(H,21,25)/t14-,19-/m0/s1. The van der Waals surface area contributed by atoms with Crippen LogP contribution in [-0.4, -0.2) is 39.3 Å². The lowest BCUT2D eigenvalue weighted by atomic mass is 10.2. The molecule has 0 aliphatic carbocycles. The predicted molar refractivity (Wildman–Crippen MR) is 102 cm³/mol. The maximum Gasteiger partial charge on any atom is 0.291 e. The van der Waals surface area contributed by atoms with Crippen LogP contribution in [0, 0.1) is 0 Å². The maximum atomic E-state index is 12.7. The third-order valence-corrected chi connectivity index (χ3v) is 6.41. The number of nitrogens with zero attached hydrogens (tertiary/aromatic N) is 1. The van der Waals surface area contributed by atoms with Gasteiger partial charge in [0.25, 0.3) is 5.91 Å². The van der Waals surface area contributed by atoms with E-state index in [1.165, 1.54) is 6.26 Å². The summed E-state index contributed by atoms with van der Waals surface area (Å²) in [5.41, 5.74) is 1.20. The van der Waals surface area contributed by atoms with Gasteiger partial charge in [0.05, 0.1) is 11.1 Å². The van der Waals surface area contributed by atoms with Crippen molar-refractivity contribution >= 4 is 40.9 Å². The van der Waals surface area contributed by atoms with Crippen LogP contribution >= 0.6 is 11.8 Å². The van der Waals surface area contributed by atoms with Gasteiger partial charge in [-0.25, -0.2) is 0 Å². The smallest absolute Gasteiger partial charge is 0.291 e. The molecule has 7 nitrogen and oxygen atoms in total. The molecular weight excluding hydrogens is 366 g/mol. The van der Waals surface area contributed by atoms with Crippen molar-refractivity contribution < 1.29 is 18.8 Å². The number of carbonyl (C=O) groups is 3. The van der Waals surface area contributed by atoms with E-state index in [0.717, 1.165) is 6.42 Å². The molecule has 0 unspecified atom stereocenters. The van der Waals surface area contributed by atoms with Crippen LogP contribution in [0.1, 0.15) is 30.3 Å². The van der Waals surface area contributed by atoms with Crippen LogP contribution in [-0.2, 0) is 9.59 Å². The zero-order valence-corrected chi connectivity index (χ0v) is 15.5. The van der Waals surface area contributed by atoms with Gasteiger partial charge in [0, 0.05) is 23.5 Å². The highest BCUT2D eigenvalue weighted by Crippen LogP contribution is 2.47. The number of amides is 3. The lowest BCUT2D eigenvalue weighted by molar-refractivity contribution is -0.135. The van der Waals surface area contributed by atoms with Gasteiger partial charge >= 0.3 is 0 Å². The van der Waals surface area contributed by atoms with Crippen molar-refractivity contribution in [1.29, 1.82) is 0 Å². The Balaban J connectivity index is 1.39. The van der Waals surface area contributed by atoms with Crippen molar-refractivity contribution in [3.63, 3.8) is 0 Å². The Bertz CT molecular complexity index is 881. The Morgan fingerprint density at radius 3 is 2.56 bits per heavy atom. The summed E-state index contributed by atoms with van der Waals surface area (Å²) in [5.74, 6) is 0.342. The molecule has 2 aromatic rings. The number of carbonyl (C=O) groups excluding carboxylic acids is 3. The molecule has 0 bridgehead atoms. The van der Waals surface area contributed by atoms with E-state index in [2.05, 4.69) is 10.6 Å². The molecule has 2 saturated heterocycles. The zero-order chi connectivity index (χ0) is 19.0. The first-order valence-electron chi connectivity index (χ1n) is 8.68. The van der Waals surface area contributed by atoms with Crippen molar-refractivity contribution in [2.75, 3.05) is 16.4 Å². The van der Waals surface area contributed by atoms with E-state index < -0.39 is 6.04 Å². The highest BCUT2D eigenvalue weighted by Gasteiger charge is 2.52. The lowest BCUT2D eigenvalue weighted by Gasteiger charge is -2.29. The normalized spacial score (nSPS) is 24.0. The fourth-order valence-corrected chi connectivity index (χ4v) is 4.91. The van der Waals surface area contributed by atoms with Gasteiger partial charge in [-0.05, 0) is 49.7 Å². The number of nitrogens with one attached hydrogen (secondary N) is 2. The SMILES string of the molecule is C[C@]12CCC(=O)N1[C@H](C(=O)Nc1ccc(NC(=O)c3ccco3)cc1)CS2. The third-order valence-electron chi connectivity index (χ3n) is 4.90. The Kier molecular flexibility index (Phi) is 4.43. The first kappa shape index (κ1) is 17.7. The quantitative estimate of drug-likeness (QED) is 0.844. The number of benzene rings is 1. The minimum Gasteiger partial charge on any atom is -0.459 e. The van der Waals surface area contributed by atoms with Crippen molar-refractivity contribution in [3.8, 4) is 0 Å². The minimum atomic E-state index is -0.451. The molecule has 3 heterocycles. The second kappa shape index (κ2) is 6.77. The summed E-state index contributed by atoms with van der Waals surface area (Å²) in [6.07, 6.45) is 2.71. The highest BCUT2D eigenvalue weighted by molar-refractivity contribution is 8.01. The molecule has 2 fully saturated rings. The second-order valence-electron chi connectivity index (χ2n) is 6.76. The maximum absolute atomic E-state index is 12.7. The van der Waals surface area contributed by atoms with E-state index >= 15 is 0 Å². The molecule has 140 valence electrons. The summed E-state index contributed by atoms with van der Waals surface area (Å²) in [6, 6.07) is 9.59. The van der Waals surface area contributed by atoms with E-state index in [0.29, 0.717) is 23.5 Å². The summed E-state index contributed by atoms with van der Waals surface area (Å²) in [7, 11) is 0. The molecule has 27 heavy (non-hydrogen) atoms. The van der Waals surface area contributed by atoms with Crippen LogP contribution in [0.4, 0.5) is 11.4 Å². The molecule has 0 spiro atoms. The number of hydrogen-bond donors (Lipinski definition) is 2. The van der Waals surface area contributed by atoms with Gasteiger partial charge in [-0.1, -0.05) is 0 Å². The minimum absolute atomic E-state index is 0.0404. The number of hydrogen-bond acceptors (Lipinski definition) is 5. The number of fused-ring (bicyclic) bond motifs is 1. The molecule has 1 aromatic carbocycles. The fraction of sp³-hybridized carbons (Fsp3) is 0.316. The molecule has 8 heteroatoms. The molecule has 0 radical (unpaired) electrons. The molecule has 2 aliphatic rings. The lowest BCUT2D eigenvalue weighted by Crippen LogP contribution is -2.48. The summed E-state index contributed by atoms with van der Waals surface area (Å²) in [4.78, 5) is 38.2. The van der Waals surface area contributed by atoms with Gasteiger partial charge < -0.3 is 20.0 Å². The molecule has 4 rings (SSSR count). The van der Waals surface area contributed by atoms with Crippen LogP contribution in [0.3, 0.4) is 0 Å². The van der Waals surface area contributed by atoms with Gasteiger partial charge in [-0.2, -0.15) is 0 Å². The highest BCUT2D eigenvalue weighted by atomic mass is 32.2. The van der Waals surface area contributed by atoms with Gasteiger partial charge in [0.2, 0.25) is 11.8 Å². The number of furan rings is 1. The van der Waals surface area contributed by atoms with Crippen molar-refractivity contribution in [2.24, 2.45) is 0 Å². The molecule has 2 aliphatic heterocycles. The molecular formula is C19H19N3O4S. The summed E-state index contributed by atoms with van der Waals surface area (Å²) >= 11 is 1.66. The van der Waals surface area contributed by atoms with E-state index in [-0.39, 0.29) is 28.4 Å². The van der Waals surface area contributed by atoms with Crippen molar-refractivity contribution in [1.82, 2.24) is 4.90 Å². The van der Waals surface area contributed by atoms with Crippen LogP contribution in [0.25, 0.3) is 0 Å². The van der Waals surface area contributed by atoms with E-state index in [9.17, 15) is 14.4 Å². The van der Waals surface area contributed by atoms with Crippen LogP contribution in [0.15, 0.2) is 47.1 Å². The number of rotatable bonds is 4. The number of anilines is 2. The molecule has 2 N–H and O–H groups in total. The summed E-state index contributed by atoms with van der Waals surface area (Å²) in [6.45, 7) is 2.02. The van der Waals surface area contributed by atoms with Crippen LogP contribution in [0.2, 0.25) is 0 Å². The third kappa shape index (κ3) is 3.32. The topological polar surface area (TPSA) is 91.7 Å². The summed E-state index contributed by atoms with van der Waals surface area (Å²) in [5, 5.41) is 5.58. The Morgan fingerprint density at radius 2 is 1.89 bits per heavy atom. The zero-order valence-electron chi connectivity index (χ0n) is 14.7. The van der Waals surface area contributed by atoms with Crippen LogP contribution < -0.4 is 10.6 Å². The second-order valence-corrected chi connectivity index (χ2v) is 8.27. The largest absolute Gasteiger partial charge is 0.459 e.